The second-order valence-electron chi connectivity index (χ2n) is 3.64. The van der Waals surface area contributed by atoms with Crippen LogP contribution in [0.5, 0.6) is 0 Å². The summed E-state index contributed by atoms with van der Waals surface area (Å²) < 4.78 is 27.2. The molecular formula is C10H11ClN2O5S. The van der Waals surface area contributed by atoms with E-state index < -0.39 is 32.9 Å². The highest BCUT2D eigenvalue weighted by atomic mass is 35.5. The summed E-state index contributed by atoms with van der Waals surface area (Å²) in [6.07, 6.45) is -1.14. The molecule has 1 rings (SSSR count). The Bertz CT molecular complexity index is 629. The van der Waals surface area contributed by atoms with Crippen LogP contribution >= 0.6 is 11.6 Å². The van der Waals surface area contributed by atoms with Gasteiger partial charge in [0.05, 0.1) is 10.6 Å². The molecule has 9 heteroatoms. The summed E-state index contributed by atoms with van der Waals surface area (Å²) in [5.41, 5.74) is 4.82. The predicted octanol–water partition coefficient (Wildman–Crippen LogP) is 0.0180. The quantitative estimate of drug-likeness (QED) is 0.757. The fraction of sp³-hybridized carbons (Fsp3) is 0.200. The normalized spacial score (nSPS) is 12.8. The highest BCUT2D eigenvalue weighted by Gasteiger charge is 2.20. The van der Waals surface area contributed by atoms with Crippen LogP contribution in [0.2, 0.25) is 5.02 Å². The van der Waals surface area contributed by atoms with Crippen molar-refractivity contribution in [2.75, 3.05) is 0 Å². The molecule has 0 saturated heterocycles. The molecule has 0 spiro atoms. The van der Waals surface area contributed by atoms with Gasteiger partial charge < -0.3 is 10.5 Å². The number of rotatable bonds is 4. The lowest BCUT2D eigenvalue weighted by Gasteiger charge is -2.10. The van der Waals surface area contributed by atoms with E-state index in [0.717, 1.165) is 6.07 Å². The maximum Gasteiger partial charge on any atom is 0.338 e. The van der Waals surface area contributed by atoms with E-state index in [-0.39, 0.29) is 10.6 Å². The number of carbonyl (C=O) groups excluding carboxylic acids is 2. The van der Waals surface area contributed by atoms with Crippen LogP contribution in [0, 0.1) is 0 Å². The van der Waals surface area contributed by atoms with Gasteiger partial charge in [-0.2, -0.15) is 0 Å². The minimum Gasteiger partial charge on any atom is -0.449 e. The molecule has 19 heavy (non-hydrogen) atoms. The Kier molecular flexibility index (Phi) is 4.51. The average Bonchev–Trinajstić information content (AvgIpc) is 2.27. The first-order chi connectivity index (χ1) is 8.62. The van der Waals surface area contributed by atoms with E-state index in [0.29, 0.717) is 0 Å². The van der Waals surface area contributed by atoms with Crippen molar-refractivity contribution in [3.8, 4) is 0 Å². The summed E-state index contributed by atoms with van der Waals surface area (Å²) in [5, 5.41) is 4.81. The molecule has 0 radical (unpaired) electrons. The number of amides is 1. The molecule has 4 N–H and O–H groups in total. The average molecular weight is 307 g/mol. The molecule has 104 valence electrons. The molecule has 1 aromatic carbocycles. The fourth-order valence-corrected chi connectivity index (χ4v) is 2.21. The molecule has 0 aromatic heterocycles. The van der Waals surface area contributed by atoms with E-state index in [1.807, 2.05) is 0 Å². The number of carbonyl (C=O) groups is 2. The largest absolute Gasteiger partial charge is 0.449 e. The fourth-order valence-electron chi connectivity index (χ4n) is 1.14. The Balaban J connectivity index is 3.10. The SMILES string of the molecule is C[C@@H](OC(=O)c1ccc(Cl)c(S(N)(=O)=O)c1)C(N)=O. The first-order valence-corrected chi connectivity index (χ1v) is 6.88. The standard InChI is InChI=1S/C10H11ClN2O5S/c1-5(9(12)14)18-10(15)6-2-3-7(11)8(4-6)19(13,16)17/h2-5H,1H3,(H2,12,14)(H2,13,16,17)/t5-/m1/s1. The molecule has 0 heterocycles. The minimum atomic E-state index is -4.07. The summed E-state index contributed by atoms with van der Waals surface area (Å²) in [6, 6.07) is 3.40. The number of primary sulfonamides is 1. The summed E-state index contributed by atoms with van der Waals surface area (Å²) in [7, 11) is -4.07. The zero-order chi connectivity index (χ0) is 14.8. The van der Waals surface area contributed by atoms with Crippen molar-refractivity contribution in [1.29, 1.82) is 0 Å². The monoisotopic (exact) mass is 306 g/mol. The van der Waals surface area contributed by atoms with E-state index >= 15 is 0 Å². The van der Waals surface area contributed by atoms with E-state index in [1.165, 1.54) is 19.1 Å². The van der Waals surface area contributed by atoms with Crippen LogP contribution in [0.4, 0.5) is 0 Å². The molecule has 0 aliphatic heterocycles. The van der Waals surface area contributed by atoms with Crippen LogP contribution in [0.3, 0.4) is 0 Å². The van der Waals surface area contributed by atoms with E-state index in [4.69, 9.17) is 27.2 Å². The van der Waals surface area contributed by atoms with Gasteiger partial charge >= 0.3 is 5.97 Å². The number of nitrogens with two attached hydrogens (primary N) is 2. The summed E-state index contributed by atoms with van der Waals surface area (Å²) in [5.74, 6) is -1.73. The smallest absolute Gasteiger partial charge is 0.338 e. The first kappa shape index (κ1) is 15.4. The van der Waals surface area contributed by atoms with Crippen molar-refractivity contribution in [1.82, 2.24) is 0 Å². The molecule has 0 aliphatic carbocycles. The van der Waals surface area contributed by atoms with Crippen molar-refractivity contribution in [3.05, 3.63) is 28.8 Å². The summed E-state index contributed by atoms with van der Waals surface area (Å²) in [6.45, 7) is 1.29. The number of ether oxygens (including phenoxy) is 1. The first-order valence-electron chi connectivity index (χ1n) is 4.95. The third-order valence-electron chi connectivity index (χ3n) is 2.16. The summed E-state index contributed by atoms with van der Waals surface area (Å²) >= 11 is 5.66. The van der Waals surface area contributed by atoms with Crippen LogP contribution in [-0.4, -0.2) is 26.4 Å². The zero-order valence-corrected chi connectivity index (χ0v) is 11.4. The predicted molar refractivity (Wildman–Crippen MR) is 66.9 cm³/mol. The van der Waals surface area contributed by atoms with Gasteiger partial charge in [-0.05, 0) is 25.1 Å². The van der Waals surface area contributed by atoms with Crippen molar-refractivity contribution in [3.63, 3.8) is 0 Å². The Morgan fingerprint density at radius 1 is 1.37 bits per heavy atom. The van der Waals surface area contributed by atoms with Gasteiger partial charge in [-0.3, -0.25) is 4.79 Å². The minimum absolute atomic E-state index is 0.110. The maximum atomic E-state index is 11.6. The number of benzene rings is 1. The van der Waals surface area contributed by atoms with Crippen LogP contribution in [0.25, 0.3) is 0 Å². The number of sulfonamides is 1. The number of esters is 1. The van der Waals surface area contributed by atoms with E-state index in [2.05, 4.69) is 0 Å². The molecule has 1 atom stereocenters. The number of primary amides is 1. The lowest BCUT2D eigenvalue weighted by molar-refractivity contribution is -0.125. The molecule has 0 aliphatic rings. The van der Waals surface area contributed by atoms with Gasteiger partial charge in [0.15, 0.2) is 6.10 Å². The summed E-state index contributed by atoms with van der Waals surface area (Å²) in [4.78, 5) is 22.0. The third kappa shape index (κ3) is 3.91. The Morgan fingerprint density at radius 2 is 1.95 bits per heavy atom. The van der Waals surface area contributed by atoms with Gasteiger partial charge in [0.2, 0.25) is 10.0 Å². The zero-order valence-electron chi connectivity index (χ0n) is 9.79. The van der Waals surface area contributed by atoms with Crippen LogP contribution < -0.4 is 10.9 Å². The highest BCUT2D eigenvalue weighted by molar-refractivity contribution is 7.89. The maximum absolute atomic E-state index is 11.6. The molecule has 1 aromatic rings. The molecule has 0 bridgehead atoms. The van der Waals surface area contributed by atoms with Gasteiger partial charge in [-0.15, -0.1) is 0 Å². The second kappa shape index (κ2) is 5.55. The van der Waals surface area contributed by atoms with Crippen LogP contribution in [0.1, 0.15) is 17.3 Å². The van der Waals surface area contributed by atoms with E-state index in [9.17, 15) is 18.0 Å². The van der Waals surface area contributed by atoms with Gasteiger partial charge in [0, 0.05) is 0 Å². The third-order valence-corrected chi connectivity index (χ3v) is 3.55. The van der Waals surface area contributed by atoms with Crippen LogP contribution in [0.15, 0.2) is 23.1 Å². The Hall–Kier alpha value is -1.64. The number of hydrogen-bond acceptors (Lipinski definition) is 5. The molecule has 0 saturated carbocycles. The lowest BCUT2D eigenvalue weighted by atomic mass is 10.2. The van der Waals surface area contributed by atoms with Gasteiger partial charge in [0.1, 0.15) is 4.90 Å². The Morgan fingerprint density at radius 3 is 2.42 bits per heavy atom. The van der Waals surface area contributed by atoms with Gasteiger partial charge in [0.25, 0.3) is 5.91 Å². The molecule has 0 unspecified atom stereocenters. The second-order valence-corrected chi connectivity index (χ2v) is 5.58. The molecule has 7 nitrogen and oxygen atoms in total. The van der Waals surface area contributed by atoms with Gasteiger partial charge in [-0.1, -0.05) is 11.6 Å². The number of hydrogen-bond donors (Lipinski definition) is 2. The van der Waals surface area contributed by atoms with Crippen molar-refractivity contribution < 1.29 is 22.7 Å². The van der Waals surface area contributed by atoms with Gasteiger partial charge in [-0.25, -0.2) is 18.4 Å². The van der Waals surface area contributed by atoms with Crippen molar-refractivity contribution in [2.45, 2.75) is 17.9 Å². The molecule has 1 amide bonds. The topological polar surface area (TPSA) is 130 Å². The Labute approximate surface area is 114 Å². The number of halogens is 1. The van der Waals surface area contributed by atoms with Crippen molar-refractivity contribution >= 4 is 33.5 Å². The van der Waals surface area contributed by atoms with E-state index in [1.54, 1.807) is 0 Å². The molecule has 0 fully saturated rings. The highest BCUT2D eigenvalue weighted by Crippen LogP contribution is 2.22. The van der Waals surface area contributed by atoms with Crippen molar-refractivity contribution in [2.24, 2.45) is 10.9 Å². The molecular weight excluding hydrogens is 296 g/mol. The lowest BCUT2D eigenvalue weighted by Crippen LogP contribution is -2.30. The van der Waals surface area contributed by atoms with Crippen LogP contribution in [-0.2, 0) is 19.6 Å².